The molecular formula is C10H17NO3. The van der Waals surface area contributed by atoms with Crippen LogP contribution in [0.5, 0.6) is 0 Å². The van der Waals surface area contributed by atoms with Gasteiger partial charge >= 0.3 is 0 Å². The highest BCUT2D eigenvalue weighted by Crippen LogP contribution is 1.85. The summed E-state index contributed by atoms with van der Waals surface area (Å²) in [5, 5.41) is 2.59. The molecule has 0 bridgehead atoms. The first-order valence-electron chi connectivity index (χ1n) is 4.60. The molecule has 0 aliphatic rings. The molecule has 1 amide bonds. The van der Waals surface area contributed by atoms with Crippen LogP contribution < -0.4 is 5.32 Å². The first-order valence-corrected chi connectivity index (χ1v) is 4.60. The van der Waals surface area contributed by atoms with Crippen molar-refractivity contribution in [3.05, 3.63) is 12.2 Å². The summed E-state index contributed by atoms with van der Waals surface area (Å²) >= 11 is 0. The molecule has 1 N–H and O–H groups in total. The molecule has 0 unspecified atom stereocenters. The van der Waals surface area contributed by atoms with E-state index in [4.69, 9.17) is 4.74 Å². The second kappa shape index (κ2) is 7.26. The van der Waals surface area contributed by atoms with Gasteiger partial charge in [-0.15, -0.1) is 0 Å². The third-order valence-electron chi connectivity index (χ3n) is 1.32. The van der Waals surface area contributed by atoms with Crippen molar-refractivity contribution in [2.45, 2.75) is 26.9 Å². The van der Waals surface area contributed by atoms with Gasteiger partial charge in [0.25, 0.3) is 0 Å². The average Bonchev–Trinajstić information content (AvgIpc) is 2.08. The molecule has 0 saturated heterocycles. The first-order chi connectivity index (χ1) is 6.52. The lowest BCUT2D eigenvalue weighted by molar-refractivity contribution is -0.117. The van der Waals surface area contributed by atoms with E-state index in [1.54, 1.807) is 0 Å². The topological polar surface area (TPSA) is 55.4 Å². The Kier molecular flexibility index (Phi) is 6.66. The summed E-state index contributed by atoms with van der Waals surface area (Å²) in [7, 11) is 0. The minimum atomic E-state index is -0.271. The van der Waals surface area contributed by atoms with E-state index in [1.807, 2.05) is 13.8 Å². The Bertz CT molecular complexity index is 221. The molecule has 0 radical (unpaired) electrons. The monoisotopic (exact) mass is 199 g/mol. The van der Waals surface area contributed by atoms with Crippen molar-refractivity contribution < 1.29 is 14.3 Å². The van der Waals surface area contributed by atoms with Gasteiger partial charge in [0.2, 0.25) is 5.91 Å². The van der Waals surface area contributed by atoms with E-state index in [0.29, 0.717) is 13.2 Å². The second-order valence-electron chi connectivity index (χ2n) is 3.15. The summed E-state index contributed by atoms with van der Waals surface area (Å²) < 4.78 is 5.21. The van der Waals surface area contributed by atoms with Crippen LogP contribution in [0, 0.1) is 0 Å². The predicted molar refractivity (Wildman–Crippen MR) is 53.9 cm³/mol. The van der Waals surface area contributed by atoms with Crippen LogP contribution in [0.3, 0.4) is 0 Å². The molecule has 80 valence electrons. The Labute approximate surface area is 84.3 Å². The Morgan fingerprint density at radius 1 is 1.36 bits per heavy atom. The molecule has 14 heavy (non-hydrogen) atoms. The van der Waals surface area contributed by atoms with Crippen LogP contribution in [0.25, 0.3) is 0 Å². The van der Waals surface area contributed by atoms with Crippen molar-refractivity contribution in [3.63, 3.8) is 0 Å². The zero-order chi connectivity index (χ0) is 11.0. The number of carbonyl (C=O) groups excluding carboxylic acids is 2. The number of rotatable bonds is 6. The van der Waals surface area contributed by atoms with Crippen molar-refractivity contribution >= 4 is 11.7 Å². The molecule has 0 aromatic rings. The van der Waals surface area contributed by atoms with Gasteiger partial charge in [-0.3, -0.25) is 9.59 Å². The number of ketones is 1. The van der Waals surface area contributed by atoms with Crippen LogP contribution in [0.4, 0.5) is 0 Å². The van der Waals surface area contributed by atoms with Gasteiger partial charge in [-0.1, -0.05) is 0 Å². The summed E-state index contributed by atoms with van der Waals surface area (Å²) in [4.78, 5) is 21.5. The SMILES string of the molecule is CC(=O)/C=C\C(=O)NCCOC(C)C. The second-order valence-corrected chi connectivity index (χ2v) is 3.15. The van der Waals surface area contributed by atoms with Gasteiger partial charge in [0.15, 0.2) is 5.78 Å². The quantitative estimate of drug-likeness (QED) is 0.505. The minimum Gasteiger partial charge on any atom is -0.377 e. The number of amides is 1. The molecule has 0 heterocycles. The Morgan fingerprint density at radius 3 is 2.50 bits per heavy atom. The maximum atomic E-state index is 11.0. The molecule has 0 saturated carbocycles. The van der Waals surface area contributed by atoms with Gasteiger partial charge in [-0.2, -0.15) is 0 Å². The number of carbonyl (C=O) groups is 2. The van der Waals surface area contributed by atoms with E-state index in [9.17, 15) is 9.59 Å². The van der Waals surface area contributed by atoms with Crippen LogP contribution in [0.2, 0.25) is 0 Å². The highest BCUT2D eigenvalue weighted by atomic mass is 16.5. The molecule has 0 aromatic carbocycles. The average molecular weight is 199 g/mol. The molecule has 0 spiro atoms. The van der Waals surface area contributed by atoms with Gasteiger partial charge in [0, 0.05) is 12.6 Å². The predicted octanol–water partition coefficient (Wildman–Crippen LogP) is 0.673. The fourth-order valence-corrected chi connectivity index (χ4v) is 0.721. The van der Waals surface area contributed by atoms with E-state index >= 15 is 0 Å². The van der Waals surface area contributed by atoms with Crippen LogP contribution >= 0.6 is 0 Å². The fraction of sp³-hybridized carbons (Fsp3) is 0.600. The Morgan fingerprint density at radius 2 is 2.00 bits per heavy atom. The largest absolute Gasteiger partial charge is 0.377 e. The molecule has 4 heteroatoms. The maximum Gasteiger partial charge on any atom is 0.244 e. The fourth-order valence-electron chi connectivity index (χ4n) is 0.721. The van der Waals surface area contributed by atoms with Crippen molar-refractivity contribution in [2.75, 3.05) is 13.2 Å². The molecule has 4 nitrogen and oxygen atoms in total. The van der Waals surface area contributed by atoms with Gasteiger partial charge in [-0.25, -0.2) is 0 Å². The van der Waals surface area contributed by atoms with Gasteiger partial charge in [0.1, 0.15) is 0 Å². The van der Waals surface area contributed by atoms with Gasteiger partial charge in [0.05, 0.1) is 12.7 Å². The van der Waals surface area contributed by atoms with Gasteiger partial charge < -0.3 is 10.1 Å². The lowest BCUT2D eigenvalue weighted by atomic mass is 10.4. The highest BCUT2D eigenvalue weighted by molar-refractivity contribution is 5.96. The summed E-state index contributed by atoms with van der Waals surface area (Å²) in [6.45, 7) is 6.19. The standard InChI is InChI=1S/C10H17NO3/c1-8(2)14-7-6-11-10(13)5-4-9(3)12/h4-5,8H,6-7H2,1-3H3,(H,11,13)/b5-4-. The molecule has 0 aliphatic carbocycles. The number of nitrogens with one attached hydrogen (secondary N) is 1. The number of hydrogen-bond acceptors (Lipinski definition) is 3. The first kappa shape index (κ1) is 12.8. The smallest absolute Gasteiger partial charge is 0.244 e. The van der Waals surface area contributed by atoms with E-state index in [-0.39, 0.29) is 17.8 Å². The Hall–Kier alpha value is -1.16. The highest BCUT2D eigenvalue weighted by Gasteiger charge is 1.96. The molecule has 0 fully saturated rings. The van der Waals surface area contributed by atoms with E-state index in [2.05, 4.69) is 5.32 Å². The van der Waals surface area contributed by atoms with Crippen molar-refractivity contribution in [1.82, 2.24) is 5.32 Å². The molecule has 0 aliphatic heterocycles. The molecule has 0 atom stereocenters. The zero-order valence-electron chi connectivity index (χ0n) is 8.87. The van der Waals surface area contributed by atoms with Crippen LogP contribution in [-0.2, 0) is 14.3 Å². The van der Waals surface area contributed by atoms with Crippen LogP contribution in [0.1, 0.15) is 20.8 Å². The van der Waals surface area contributed by atoms with Crippen molar-refractivity contribution in [2.24, 2.45) is 0 Å². The van der Waals surface area contributed by atoms with Crippen molar-refractivity contribution in [3.8, 4) is 0 Å². The molecular weight excluding hydrogens is 182 g/mol. The number of ether oxygens (including phenoxy) is 1. The van der Waals surface area contributed by atoms with E-state index in [0.717, 1.165) is 0 Å². The van der Waals surface area contributed by atoms with Crippen molar-refractivity contribution in [1.29, 1.82) is 0 Å². The number of allylic oxidation sites excluding steroid dienone is 1. The lowest BCUT2D eigenvalue weighted by Gasteiger charge is -2.06. The van der Waals surface area contributed by atoms with E-state index < -0.39 is 0 Å². The minimum absolute atomic E-state index is 0.140. The third kappa shape index (κ3) is 8.93. The van der Waals surface area contributed by atoms with Crippen LogP contribution in [0.15, 0.2) is 12.2 Å². The third-order valence-corrected chi connectivity index (χ3v) is 1.32. The van der Waals surface area contributed by atoms with Crippen LogP contribution in [-0.4, -0.2) is 30.9 Å². The molecule has 0 aromatic heterocycles. The summed E-state index contributed by atoms with van der Waals surface area (Å²) in [5.41, 5.74) is 0. The van der Waals surface area contributed by atoms with E-state index in [1.165, 1.54) is 19.1 Å². The summed E-state index contributed by atoms with van der Waals surface area (Å²) in [5.74, 6) is -0.411. The molecule has 0 rings (SSSR count). The summed E-state index contributed by atoms with van der Waals surface area (Å²) in [6.07, 6.45) is 2.62. The summed E-state index contributed by atoms with van der Waals surface area (Å²) in [6, 6.07) is 0. The van der Waals surface area contributed by atoms with Gasteiger partial charge in [-0.05, 0) is 26.8 Å². The normalized spacial score (nSPS) is 10.9. The Balaban J connectivity index is 3.50. The lowest BCUT2D eigenvalue weighted by Crippen LogP contribution is -2.26. The zero-order valence-corrected chi connectivity index (χ0v) is 8.87. The number of hydrogen-bond donors (Lipinski definition) is 1. The maximum absolute atomic E-state index is 11.0.